The van der Waals surface area contributed by atoms with Crippen molar-refractivity contribution in [3.63, 3.8) is 0 Å². The van der Waals surface area contributed by atoms with Crippen LogP contribution in [0.15, 0.2) is 36.5 Å². The smallest absolute Gasteiger partial charge is 0.212 e. The third-order valence-electron chi connectivity index (χ3n) is 2.45. The van der Waals surface area contributed by atoms with Gasteiger partial charge in [0, 0.05) is 17.1 Å². The molecule has 0 aliphatic carbocycles. The number of pyridine rings is 1. The first kappa shape index (κ1) is 12.6. The van der Waals surface area contributed by atoms with Gasteiger partial charge >= 0.3 is 0 Å². The van der Waals surface area contributed by atoms with Crippen LogP contribution in [0.3, 0.4) is 0 Å². The number of methoxy groups -OCH3 is 1. The monoisotopic (exact) mass is 266 g/mol. The van der Waals surface area contributed by atoms with Crippen molar-refractivity contribution in [2.45, 2.75) is 6.54 Å². The molecule has 1 aromatic carbocycles. The van der Waals surface area contributed by atoms with Crippen molar-refractivity contribution in [3.05, 3.63) is 53.1 Å². The molecule has 0 bridgehead atoms. The summed E-state index contributed by atoms with van der Waals surface area (Å²) in [6, 6.07) is 8.33. The van der Waals surface area contributed by atoms with Crippen LogP contribution in [0.5, 0.6) is 5.75 Å². The second kappa shape index (κ2) is 5.69. The normalized spacial score (nSPS) is 10.2. The summed E-state index contributed by atoms with van der Waals surface area (Å²) in [5.74, 6) is 0.253. The van der Waals surface area contributed by atoms with Crippen LogP contribution in [0.1, 0.15) is 5.56 Å². The standard InChI is InChI=1S/C13H12ClFN2O/c1-18-12-4-2-10(14)6-9(12)7-16-11-3-5-13(15)17-8-11/h2-6,8,16H,7H2,1H3. The molecule has 0 aliphatic heterocycles. The van der Waals surface area contributed by atoms with Gasteiger partial charge < -0.3 is 10.1 Å². The van der Waals surface area contributed by atoms with Crippen molar-refractivity contribution in [2.75, 3.05) is 12.4 Å². The Bertz CT molecular complexity index is 531. The van der Waals surface area contributed by atoms with Gasteiger partial charge in [-0.3, -0.25) is 0 Å². The van der Waals surface area contributed by atoms with E-state index in [1.165, 1.54) is 12.3 Å². The van der Waals surface area contributed by atoms with E-state index in [0.717, 1.165) is 17.0 Å². The second-order valence-electron chi connectivity index (χ2n) is 3.68. The Morgan fingerprint density at radius 3 is 2.83 bits per heavy atom. The van der Waals surface area contributed by atoms with Gasteiger partial charge in [-0.1, -0.05) is 11.6 Å². The third-order valence-corrected chi connectivity index (χ3v) is 2.69. The predicted octanol–water partition coefficient (Wildman–Crippen LogP) is 3.49. The van der Waals surface area contributed by atoms with Crippen molar-refractivity contribution in [1.29, 1.82) is 0 Å². The minimum absolute atomic E-state index is 0.499. The molecule has 2 rings (SSSR count). The molecule has 94 valence electrons. The number of ether oxygens (including phenoxy) is 1. The van der Waals surface area contributed by atoms with E-state index in [-0.39, 0.29) is 0 Å². The molecule has 0 saturated carbocycles. The predicted molar refractivity (Wildman–Crippen MR) is 69.5 cm³/mol. The molecule has 0 aliphatic rings. The van der Waals surface area contributed by atoms with Crippen molar-refractivity contribution in [2.24, 2.45) is 0 Å². The summed E-state index contributed by atoms with van der Waals surface area (Å²) in [5.41, 5.74) is 1.66. The van der Waals surface area contributed by atoms with Crippen molar-refractivity contribution >= 4 is 17.3 Å². The van der Waals surface area contributed by atoms with E-state index in [2.05, 4.69) is 10.3 Å². The summed E-state index contributed by atoms with van der Waals surface area (Å²) in [7, 11) is 1.60. The van der Waals surface area contributed by atoms with Gasteiger partial charge in [0.15, 0.2) is 0 Å². The Hall–Kier alpha value is -1.81. The first-order chi connectivity index (χ1) is 8.69. The summed E-state index contributed by atoms with van der Waals surface area (Å²) in [6.07, 6.45) is 1.44. The van der Waals surface area contributed by atoms with Crippen LogP contribution in [-0.2, 0) is 6.54 Å². The fraction of sp³-hybridized carbons (Fsp3) is 0.154. The lowest BCUT2D eigenvalue weighted by atomic mass is 10.2. The highest BCUT2D eigenvalue weighted by Gasteiger charge is 2.04. The lowest BCUT2D eigenvalue weighted by molar-refractivity contribution is 0.410. The van der Waals surface area contributed by atoms with Gasteiger partial charge in [-0.05, 0) is 30.3 Å². The number of nitrogens with one attached hydrogen (secondary N) is 1. The number of aromatic nitrogens is 1. The van der Waals surface area contributed by atoms with E-state index in [1.807, 2.05) is 12.1 Å². The lowest BCUT2D eigenvalue weighted by Gasteiger charge is -2.10. The quantitative estimate of drug-likeness (QED) is 0.860. The number of nitrogens with zero attached hydrogens (tertiary/aromatic N) is 1. The first-order valence-corrected chi connectivity index (χ1v) is 5.74. The van der Waals surface area contributed by atoms with Crippen molar-refractivity contribution < 1.29 is 9.13 Å². The summed E-state index contributed by atoms with van der Waals surface area (Å²) in [6.45, 7) is 0.525. The number of rotatable bonds is 4. The summed E-state index contributed by atoms with van der Waals surface area (Å²) >= 11 is 5.93. The molecule has 1 aromatic heterocycles. The maximum atomic E-state index is 12.6. The number of benzene rings is 1. The van der Waals surface area contributed by atoms with Gasteiger partial charge in [-0.2, -0.15) is 4.39 Å². The van der Waals surface area contributed by atoms with Crippen LogP contribution in [0.25, 0.3) is 0 Å². The molecule has 0 atom stereocenters. The zero-order valence-electron chi connectivity index (χ0n) is 9.78. The van der Waals surface area contributed by atoms with E-state index < -0.39 is 5.95 Å². The Labute approximate surface area is 110 Å². The third kappa shape index (κ3) is 3.11. The number of hydrogen-bond donors (Lipinski definition) is 1. The molecule has 5 heteroatoms. The molecule has 3 nitrogen and oxygen atoms in total. The van der Waals surface area contributed by atoms with Gasteiger partial charge in [0.25, 0.3) is 0 Å². The fourth-order valence-corrected chi connectivity index (χ4v) is 1.76. The molecule has 0 spiro atoms. The summed E-state index contributed by atoms with van der Waals surface area (Å²) < 4.78 is 17.9. The number of anilines is 1. The van der Waals surface area contributed by atoms with Crippen LogP contribution < -0.4 is 10.1 Å². The maximum absolute atomic E-state index is 12.6. The Balaban J connectivity index is 2.09. The molecule has 0 radical (unpaired) electrons. The largest absolute Gasteiger partial charge is 0.496 e. The van der Waals surface area contributed by atoms with Gasteiger partial charge in [0.1, 0.15) is 5.75 Å². The summed E-state index contributed by atoms with van der Waals surface area (Å²) in [5, 5.41) is 3.77. The zero-order chi connectivity index (χ0) is 13.0. The highest BCUT2D eigenvalue weighted by Crippen LogP contribution is 2.23. The van der Waals surface area contributed by atoms with E-state index in [0.29, 0.717) is 11.6 Å². The van der Waals surface area contributed by atoms with E-state index in [1.54, 1.807) is 19.2 Å². The van der Waals surface area contributed by atoms with Crippen LogP contribution in [-0.4, -0.2) is 12.1 Å². The number of halogens is 2. The number of hydrogen-bond acceptors (Lipinski definition) is 3. The molecule has 0 amide bonds. The minimum atomic E-state index is -0.499. The molecule has 1 N–H and O–H groups in total. The maximum Gasteiger partial charge on any atom is 0.212 e. The molecule has 18 heavy (non-hydrogen) atoms. The van der Waals surface area contributed by atoms with E-state index in [4.69, 9.17) is 16.3 Å². The Morgan fingerprint density at radius 2 is 2.17 bits per heavy atom. The molecular weight excluding hydrogens is 255 g/mol. The fourth-order valence-electron chi connectivity index (χ4n) is 1.56. The average Bonchev–Trinajstić information content (AvgIpc) is 2.38. The molecule has 1 heterocycles. The van der Waals surface area contributed by atoms with Crippen LogP contribution in [0.2, 0.25) is 5.02 Å². The van der Waals surface area contributed by atoms with Gasteiger partial charge in [0.05, 0.1) is 19.0 Å². The van der Waals surface area contributed by atoms with Crippen molar-refractivity contribution in [1.82, 2.24) is 4.98 Å². The Morgan fingerprint density at radius 1 is 1.33 bits per heavy atom. The molecule has 0 fully saturated rings. The van der Waals surface area contributed by atoms with Crippen LogP contribution >= 0.6 is 11.6 Å². The lowest BCUT2D eigenvalue weighted by Crippen LogP contribution is -2.02. The highest BCUT2D eigenvalue weighted by atomic mass is 35.5. The first-order valence-electron chi connectivity index (χ1n) is 5.37. The second-order valence-corrected chi connectivity index (χ2v) is 4.12. The van der Waals surface area contributed by atoms with Crippen LogP contribution in [0, 0.1) is 5.95 Å². The topological polar surface area (TPSA) is 34.1 Å². The summed E-state index contributed by atoms with van der Waals surface area (Å²) in [4.78, 5) is 3.57. The highest BCUT2D eigenvalue weighted by molar-refractivity contribution is 6.30. The van der Waals surface area contributed by atoms with Crippen LogP contribution in [0.4, 0.5) is 10.1 Å². The Kier molecular flexibility index (Phi) is 3.99. The average molecular weight is 267 g/mol. The molecule has 0 saturated heterocycles. The van der Waals surface area contributed by atoms with E-state index >= 15 is 0 Å². The molecular formula is C13H12ClFN2O. The van der Waals surface area contributed by atoms with Gasteiger partial charge in [-0.15, -0.1) is 0 Å². The van der Waals surface area contributed by atoms with Gasteiger partial charge in [0.2, 0.25) is 5.95 Å². The molecule has 0 unspecified atom stereocenters. The zero-order valence-corrected chi connectivity index (χ0v) is 10.5. The SMILES string of the molecule is COc1ccc(Cl)cc1CNc1ccc(F)nc1. The van der Waals surface area contributed by atoms with E-state index in [9.17, 15) is 4.39 Å². The molecule has 2 aromatic rings. The minimum Gasteiger partial charge on any atom is -0.496 e. The van der Waals surface area contributed by atoms with Gasteiger partial charge in [-0.25, -0.2) is 4.98 Å². The van der Waals surface area contributed by atoms with Crippen molar-refractivity contribution in [3.8, 4) is 5.75 Å².